The molecule has 0 aliphatic heterocycles. The number of halogens is 3. The molecule has 4 rings (SSSR count). The maximum Gasteiger partial charge on any atom is 0.418 e. The number of benzene rings is 3. The summed E-state index contributed by atoms with van der Waals surface area (Å²) in [6, 6.07) is 18.3. The van der Waals surface area contributed by atoms with Gasteiger partial charge in [-0.25, -0.2) is 4.98 Å². The molecule has 1 heterocycles. The minimum atomic E-state index is -4.61. The summed E-state index contributed by atoms with van der Waals surface area (Å²) in [5.74, 6) is 1.11. The SMILES string of the molecule is COCCn1c(-c2ccc(C(C)C)cc2)nc2c(C(F)(F)F)c(CNc3ccccc3)cc(OC)c21. The smallest absolute Gasteiger partial charge is 0.418 e. The number of alkyl halides is 3. The fourth-order valence-corrected chi connectivity index (χ4v) is 4.33. The first-order chi connectivity index (χ1) is 17.2. The predicted molar refractivity (Wildman–Crippen MR) is 136 cm³/mol. The van der Waals surface area contributed by atoms with Crippen molar-refractivity contribution in [1.82, 2.24) is 9.55 Å². The van der Waals surface area contributed by atoms with Gasteiger partial charge in [-0.1, -0.05) is 56.3 Å². The van der Waals surface area contributed by atoms with Crippen LogP contribution in [0.25, 0.3) is 22.4 Å². The van der Waals surface area contributed by atoms with E-state index in [0.29, 0.717) is 36.2 Å². The van der Waals surface area contributed by atoms with Gasteiger partial charge in [0, 0.05) is 31.5 Å². The second-order valence-corrected chi connectivity index (χ2v) is 8.88. The van der Waals surface area contributed by atoms with E-state index in [0.717, 1.165) is 16.8 Å². The van der Waals surface area contributed by atoms with E-state index in [1.54, 1.807) is 23.8 Å². The molecule has 5 nitrogen and oxygen atoms in total. The molecule has 0 amide bonds. The van der Waals surface area contributed by atoms with Crippen molar-refractivity contribution >= 4 is 16.7 Å². The average molecular weight is 498 g/mol. The molecule has 8 heteroatoms. The predicted octanol–water partition coefficient (Wildman–Crippen LogP) is 7.11. The average Bonchev–Trinajstić information content (AvgIpc) is 3.24. The van der Waals surface area contributed by atoms with Crippen molar-refractivity contribution in [1.29, 1.82) is 0 Å². The lowest BCUT2D eigenvalue weighted by Crippen LogP contribution is -2.14. The van der Waals surface area contributed by atoms with Crippen LogP contribution < -0.4 is 10.1 Å². The molecule has 0 aliphatic carbocycles. The molecule has 0 atom stereocenters. The van der Waals surface area contributed by atoms with Crippen molar-refractivity contribution in [2.24, 2.45) is 0 Å². The van der Waals surface area contributed by atoms with E-state index in [1.165, 1.54) is 13.2 Å². The van der Waals surface area contributed by atoms with Crippen molar-refractivity contribution in [3.05, 3.63) is 77.4 Å². The molecular weight excluding hydrogens is 467 g/mol. The van der Waals surface area contributed by atoms with E-state index < -0.39 is 11.7 Å². The Morgan fingerprint density at radius 3 is 2.28 bits per heavy atom. The van der Waals surface area contributed by atoms with Gasteiger partial charge in [0.1, 0.15) is 22.6 Å². The molecule has 0 fully saturated rings. The Morgan fingerprint density at radius 1 is 1.00 bits per heavy atom. The topological polar surface area (TPSA) is 48.3 Å². The highest BCUT2D eigenvalue weighted by atomic mass is 19.4. The number of anilines is 1. The van der Waals surface area contributed by atoms with Crippen LogP contribution in [0.4, 0.5) is 18.9 Å². The largest absolute Gasteiger partial charge is 0.494 e. The number of nitrogens with one attached hydrogen (secondary N) is 1. The van der Waals surface area contributed by atoms with Gasteiger partial charge in [-0.2, -0.15) is 13.2 Å². The standard InChI is InChI=1S/C28H30F3N3O2/c1-18(2)19-10-12-20(13-11-19)27-33-25-24(28(29,30)31)21(17-32-22-8-6-5-7-9-22)16-23(36-4)26(25)34(27)14-15-35-3/h5-13,16,18,32H,14-15,17H2,1-4H3. The van der Waals surface area contributed by atoms with Crippen LogP contribution >= 0.6 is 0 Å². The number of methoxy groups -OCH3 is 2. The van der Waals surface area contributed by atoms with Crippen LogP contribution in [0.5, 0.6) is 5.75 Å². The van der Waals surface area contributed by atoms with Crippen molar-refractivity contribution in [2.45, 2.75) is 39.0 Å². The first-order valence-corrected chi connectivity index (χ1v) is 11.8. The highest BCUT2D eigenvalue weighted by molar-refractivity contribution is 5.90. The van der Waals surface area contributed by atoms with E-state index in [1.807, 2.05) is 42.5 Å². The van der Waals surface area contributed by atoms with Gasteiger partial charge in [0.05, 0.1) is 19.3 Å². The van der Waals surface area contributed by atoms with Crippen LogP contribution in [0.1, 0.15) is 36.5 Å². The lowest BCUT2D eigenvalue weighted by molar-refractivity contribution is -0.137. The molecule has 190 valence electrons. The Labute approximate surface area is 208 Å². The fourth-order valence-electron chi connectivity index (χ4n) is 4.33. The third-order valence-electron chi connectivity index (χ3n) is 6.18. The molecule has 0 unspecified atom stereocenters. The van der Waals surface area contributed by atoms with Gasteiger partial charge in [0.2, 0.25) is 0 Å². The van der Waals surface area contributed by atoms with Gasteiger partial charge < -0.3 is 19.4 Å². The summed E-state index contributed by atoms with van der Waals surface area (Å²) in [6.07, 6.45) is -4.61. The molecule has 1 aromatic heterocycles. The molecular formula is C28H30F3N3O2. The summed E-state index contributed by atoms with van der Waals surface area (Å²) in [5.41, 5.74) is 2.05. The molecule has 0 saturated heterocycles. The third-order valence-corrected chi connectivity index (χ3v) is 6.18. The van der Waals surface area contributed by atoms with Gasteiger partial charge in [0.25, 0.3) is 0 Å². The zero-order valence-electron chi connectivity index (χ0n) is 20.8. The molecule has 0 radical (unpaired) electrons. The number of ether oxygens (including phenoxy) is 2. The summed E-state index contributed by atoms with van der Waals surface area (Å²) in [7, 11) is 3.02. The number of imidazole rings is 1. The summed E-state index contributed by atoms with van der Waals surface area (Å²) in [4.78, 5) is 4.58. The minimum absolute atomic E-state index is 0.0332. The van der Waals surface area contributed by atoms with Crippen LogP contribution in [0.15, 0.2) is 60.7 Å². The van der Waals surface area contributed by atoms with Crippen LogP contribution in [0.3, 0.4) is 0 Å². The molecule has 0 spiro atoms. The summed E-state index contributed by atoms with van der Waals surface area (Å²) >= 11 is 0. The molecule has 3 aromatic carbocycles. The Morgan fingerprint density at radius 2 is 1.69 bits per heavy atom. The van der Waals surface area contributed by atoms with Gasteiger partial charge >= 0.3 is 6.18 Å². The number of aromatic nitrogens is 2. The summed E-state index contributed by atoms with van der Waals surface area (Å²) in [5, 5.41) is 3.08. The first kappa shape index (κ1) is 25.6. The molecule has 0 saturated carbocycles. The fraction of sp³-hybridized carbons (Fsp3) is 0.321. The Balaban J connectivity index is 1.93. The van der Waals surface area contributed by atoms with Crippen molar-refractivity contribution in [2.75, 3.05) is 26.1 Å². The quantitative estimate of drug-likeness (QED) is 0.268. The maximum atomic E-state index is 14.5. The lowest BCUT2D eigenvalue weighted by atomic mass is 10.0. The number of hydrogen-bond acceptors (Lipinski definition) is 4. The highest BCUT2D eigenvalue weighted by Crippen LogP contribution is 2.43. The summed E-state index contributed by atoms with van der Waals surface area (Å²) < 4.78 is 56.2. The van der Waals surface area contributed by atoms with Crippen LogP contribution in [-0.4, -0.2) is 30.4 Å². The number of fused-ring (bicyclic) bond motifs is 1. The number of nitrogens with zero attached hydrogens (tertiary/aromatic N) is 2. The van der Waals surface area contributed by atoms with Gasteiger partial charge in [0.15, 0.2) is 0 Å². The monoisotopic (exact) mass is 497 g/mol. The van der Waals surface area contributed by atoms with E-state index in [9.17, 15) is 13.2 Å². The van der Waals surface area contributed by atoms with E-state index >= 15 is 0 Å². The lowest BCUT2D eigenvalue weighted by Gasteiger charge is -2.18. The van der Waals surface area contributed by atoms with E-state index in [2.05, 4.69) is 24.1 Å². The van der Waals surface area contributed by atoms with Crippen LogP contribution in [-0.2, 0) is 24.0 Å². The van der Waals surface area contributed by atoms with E-state index in [4.69, 9.17) is 9.47 Å². The molecule has 36 heavy (non-hydrogen) atoms. The summed E-state index contributed by atoms with van der Waals surface area (Å²) in [6.45, 7) is 4.78. The molecule has 0 bridgehead atoms. The molecule has 0 aliphatic rings. The van der Waals surface area contributed by atoms with Crippen LogP contribution in [0, 0.1) is 0 Å². The van der Waals surface area contributed by atoms with Crippen LogP contribution in [0.2, 0.25) is 0 Å². The van der Waals surface area contributed by atoms with Crippen molar-refractivity contribution < 1.29 is 22.6 Å². The zero-order valence-corrected chi connectivity index (χ0v) is 20.8. The minimum Gasteiger partial charge on any atom is -0.494 e. The number of rotatable bonds is 9. The van der Waals surface area contributed by atoms with Gasteiger partial charge in [-0.3, -0.25) is 0 Å². The van der Waals surface area contributed by atoms with E-state index in [-0.39, 0.29) is 17.6 Å². The third kappa shape index (κ3) is 5.18. The number of para-hydroxylation sites is 1. The molecule has 1 N–H and O–H groups in total. The Bertz CT molecular complexity index is 1310. The van der Waals surface area contributed by atoms with Gasteiger partial charge in [-0.15, -0.1) is 0 Å². The van der Waals surface area contributed by atoms with Crippen molar-refractivity contribution in [3.63, 3.8) is 0 Å². The second kappa shape index (κ2) is 10.6. The zero-order chi connectivity index (χ0) is 25.9. The van der Waals surface area contributed by atoms with Crippen molar-refractivity contribution in [3.8, 4) is 17.1 Å². The Kier molecular flexibility index (Phi) is 7.54. The molecule has 4 aromatic rings. The second-order valence-electron chi connectivity index (χ2n) is 8.88. The maximum absolute atomic E-state index is 14.5. The number of hydrogen-bond donors (Lipinski definition) is 1. The first-order valence-electron chi connectivity index (χ1n) is 11.8. The Hall–Kier alpha value is -3.52. The van der Waals surface area contributed by atoms with Gasteiger partial charge in [-0.05, 0) is 35.2 Å². The normalized spacial score (nSPS) is 11.9. The highest BCUT2D eigenvalue weighted by Gasteiger charge is 2.38.